The van der Waals surface area contributed by atoms with Crippen LogP contribution in [-0.2, 0) is 14.8 Å². The Balaban J connectivity index is 2.38. The Bertz CT molecular complexity index is 781. The molecule has 0 fully saturated rings. The molecule has 0 bridgehead atoms. The summed E-state index contributed by atoms with van der Waals surface area (Å²) in [6, 6.07) is 3.03. The lowest BCUT2D eigenvalue weighted by molar-refractivity contribution is 0.0597. The highest BCUT2D eigenvalue weighted by atomic mass is 32.2. The molecular weight excluding hydrogens is 300 g/mol. The fourth-order valence-corrected chi connectivity index (χ4v) is 2.49. The third-order valence-electron chi connectivity index (χ3n) is 2.52. The van der Waals surface area contributed by atoms with Crippen LogP contribution in [0.5, 0.6) is 5.75 Å². The molecule has 8 nitrogen and oxygen atoms in total. The number of ether oxygens (including phenoxy) is 1. The van der Waals surface area contributed by atoms with Crippen molar-refractivity contribution in [2.45, 2.75) is 11.8 Å². The van der Waals surface area contributed by atoms with Gasteiger partial charge in [0.2, 0.25) is 0 Å². The quantitative estimate of drug-likeness (QED) is 0.816. The number of nitrogens with zero attached hydrogens (tertiary/aromatic N) is 1. The second-order valence-electron chi connectivity index (χ2n) is 4.07. The number of sulfonamides is 1. The van der Waals surface area contributed by atoms with Gasteiger partial charge in [0, 0.05) is 0 Å². The summed E-state index contributed by atoms with van der Waals surface area (Å²) in [6.07, 6.45) is 1.29. The zero-order valence-corrected chi connectivity index (χ0v) is 12.0. The summed E-state index contributed by atoms with van der Waals surface area (Å²) in [6.45, 7) is 1.64. The maximum Gasteiger partial charge on any atom is 0.341 e. The van der Waals surface area contributed by atoms with Gasteiger partial charge in [0.15, 0.2) is 0 Å². The van der Waals surface area contributed by atoms with Crippen molar-refractivity contribution in [3.8, 4) is 5.75 Å². The van der Waals surface area contributed by atoms with Crippen LogP contribution in [0.15, 0.2) is 33.8 Å². The predicted octanol–water partition coefficient (Wildman–Crippen LogP) is 1.28. The molecule has 2 rings (SSSR count). The number of benzene rings is 1. The molecule has 0 saturated heterocycles. The predicted molar refractivity (Wildman–Crippen MR) is 71.5 cm³/mol. The van der Waals surface area contributed by atoms with E-state index in [1.807, 2.05) is 0 Å². The SMILES string of the molecule is COC(=O)c1cc(S(=O)(=O)Nc2nc(C)co2)ccc1O. The largest absolute Gasteiger partial charge is 0.507 e. The number of carbonyl (C=O) groups excluding carboxylic acids is 1. The molecule has 0 spiro atoms. The molecule has 0 aliphatic heterocycles. The van der Waals surface area contributed by atoms with Gasteiger partial charge in [0.1, 0.15) is 17.6 Å². The smallest absolute Gasteiger partial charge is 0.341 e. The zero-order valence-electron chi connectivity index (χ0n) is 11.2. The number of hydrogen-bond donors (Lipinski definition) is 2. The Morgan fingerprint density at radius 3 is 2.71 bits per heavy atom. The molecule has 0 aliphatic carbocycles. The van der Waals surface area contributed by atoms with Gasteiger partial charge in [0.25, 0.3) is 10.0 Å². The fraction of sp³-hybridized carbons (Fsp3) is 0.167. The summed E-state index contributed by atoms with van der Waals surface area (Å²) in [4.78, 5) is 15.0. The van der Waals surface area contributed by atoms with Crippen LogP contribution >= 0.6 is 0 Å². The molecule has 0 radical (unpaired) electrons. The van der Waals surface area contributed by atoms with Crippen molar-refractivity contribution >= 4 is 22.0 Å². The van der Waals surface area contributed by atoms with E-state index in [2.05, 4.69) is 14.4 Å². The number of hydrogen-bond acceptors (Lipinski definition) is 7. The number of rotatable bonds is 4. The monoisotopic (exact) mass is 312 g/mol. The second kappa shape index (κ2) is 5.44. The number of esters is 1. The van der Waals surface area contributed by atoms with E-state index in [1.54, 1.807) is 6.92 Å². The van der Waals surface area contributed by atoms with Crippen molar-refractivity contribution in [2.75, 3.05) is 11.8 Å². The average molecular weight is 312 g/mol. The summed E-state index contributed by atoms with van der Waals surface area (Å²) in [5.74, 6) is -1.23. The number of aromatic nitrogens is 1. The third-order valence-corrected chi connectivity index (χ3v) is 3.84. The molecular formula is C12H12N2O6S. The first-order valence-electron chi connectivity index (χ1n) is 5.70. The molecule has 9 heteroatoms. The highest BCUT2D eigenvalue weighted by molar-refractivity contribution is 7.92. The third kappa shape index (κ3) is 3.14. The van der Waals surface area contributed by atoms with Gasteiger partial charge >= 0.3 is 12.0 Å². The molecule has 0 aliphatic rings. The Morgan fingerprint density at radius 1 is 1.43 bits per heavy atom. The first kappa shape index (κ1) is 14.9. The molecule has 1 aromatic heterocycles. The van der Waals surface area contributed by atoms with Crippen molar-refractivity contribution in [3.63, 3.8) is 0 Å². The topological polar surface area (TPSA) is 119 Å². The maximum atomic E-state index is 12.1. The summed E-state index contributed by atoms with van der Waals surface area (Å²) in [5, 5.41) is 9.55. The molecule has 2 aromatic rings. The number of oxazole rings is 1. The average Bonchev–Trinajstić information content (AvgIpc) is 2.82. The van der Waals surface area contributed by atoms with E-state index in [-0.39, 0.29) is 22.2 Å². The van der Waals surface area contributed by atoms with Crippen LogP contribution in [0.1, 0.15) is 16.1 Å². The van der Waals surface area contributed by atoms with E-state index in [0.29, 0.717) is 5.69 Å². The lowest BCUT2D eigenvalue weighted by atomic mass is 10.2. The van der Waals surface area contributed by atoms with Gasteiger partial charge in [-0.2, -0.15) is 4.98 Å². The van der Waals surface area contributed by atoms with Crippen LogP contribution in [0.3, 0.4) is 0 Å². The van der Waals surface area contributed by atoms with Crippen LogP contribution in [-0.4, -0.2) is 31.6 Å². The number of aromatic hydroxyl groups is 1. The lowest BCUT2D eigenvalue weighted by Gasteiger charge is -2.07. The van der Waals surface area contributed by atoms with Crippen molar-refractivity contribution in [2.24, 2.45) is 0 Å². The van der Waals surface area contributed by atoms with Crippen molar-refractivity contribution in [1.29, 1.82) is 0 Å². The van der Waals surface area contributed by atoms with E-state index in [0.717, 1.165) is 25.3 Å². The lowest BCUT2D eigenvalue weighted by Crippen LogP contribution is -2.14. The number of aryl methyl sites for hydroxylation is 1. The minimum absolute atomic E-state index is 0.194. The van der Waals surface area contributed by atoms with E-state index < -0.39 is 16.0 Å². The molecule has 0 saturated carbocycles. The van der Waals surface area contributed by atoms with Crippen LogP contribution in [0, 0.1) is 6.92 Å². The fourth-order valence-electron chi connectivity index (χ4n) is 1.53. The van der Waals surface area contributed by atoms with Crippen LogP contribution < -0.4 is 4.72 Å². The number of phenols is 1. The van der Waals surface area contributed by atoms with Gasteiger partial charge in [-0.05, 0) is 25.1 Å². The number of phenolic OH excluding ortho intramolecular Hbond substituents is 1. The molecule has 0 amide bonds. The summed E-state index contributed by atoms with van der Waals surface area (Å²) in [7, 11) is -2.88. The first-order valence-corrected chi connectivity index (χ1v) is 7.18. The molecule has 0 unspecified atom stereocenters. The Hall–Kier alpha value is -2.55. The van der Waals surface area contributed by atoms with Gasteiger partial charge in [0.05, 0.1) is 17.7 Å². The maximum absolute atomic E-state index is 12.1. The van der Waals surface area contributed by atoms with Crippen molar-refractivity contribution in [3.05, 3.63) is 35.7 Å². The summed E-state index contributed by atoms with van der Waals surface area (Å²) >= 11 is 0. The standard InChI is InChI=1S/C12H12N2O6S/c1-7-6-20-12(13-7)14-21(17,18)8-3-4-10(15)9(5-8)11(16)19-2/h3-6,15H,1-2H3,(H,13,14). The minimum atomic E-state index is -4.01. The van der Waals surface area contributed by atoms with E-state index >= 15 is 0 Å². The number of anilines is 1. The number of nitrogens with one attached hydrogen (secondary N) is 1. The Kier molecular flexibility index (Phi) is 3.85. The van der Waals surface area contributed by atoms with E-state index in [4.69, 9.17) is 4.42 Å². The van der Waals surface area contributed by atoms with Gasteiger partial charge in [-0.25, -0.2) is 17.9 Å². The Labute approximate surface area is 120 Å². The minimum Gasteiger partial charge on any atom is -0.507 e. The molecule has 0 atom stereocenters. The highest BCUT2D eigenvalue weighted by Gasteiger charge is 2.21. The molecule has 2 N–H and O–H groups in total. The van der Waals surface area contributed by atoms with E-state index in [1.165, 1.54) is 6.26 Å². The van der Waals surface area contributed by atoms with Crippen LogP contribution in [0.25, 0.3) is 0 Å². The zero-order chi connectivity index (χ0) is 15.6. The highest BCUT2D eigenvalue weighted by Crippen LogP contribution is 2.23. The number of carbonyl (C=O) groups is 1. The molecule has 1 aromatic carbocycles. The normalized spacial score (nSPS) is 11.1. The van der Waals surface area contributed by atoms with Crippen molar-refractivity contribution < 1.29 is 27.5 Å². The van der Waals surface area contributed by atoms with Crippen LogP contribution in [0.4, 0.5) is 6.01 Å². The summed E-state index contributed by atoms with van der Waals surface area (Å²) in [5.41, 5.74) is 0.248. The molecule has 21 heavy (non-hydrogen) atoms. The van der Waals surface area contributed by atoms with Crippen LogP contribution in [0.2, 0.25) is 0 Å². The second-order valence-corrected chi connectivity index (χ2v) is 5.75. The van der Waals surface area contributed by atoms with Gasteiger partial charge in [-0.1, -0.05) is 0 Å². The van der Waals surface area contributed by atoms with Gasteiger partial charge in [-0.15, -0.1) is 0 Å². The van der Waals surface area contributed by atoms with Gasteiger partial charge in [-0.3, -0.25) is 0 Å². The summed E-state index contributed by atoms with van der Waals surface area (Å²) < 4.78 is 35.8. The first-order chi connectivity index (χ1) is 9.83. The number of methoxy groups -OCH3 is 1. The van der Waals surface area contributed by atoms with E-state index in [9.17, 15) is 18.3 Å². The molecule has 1 heterocycles. The Morgan fingerprint density at radius 2 is 2.14 bits per heavy atom. The molecule has 112 valence electrons. The van der Waals surface area contributed by atoms with Gasteiger partial charge < -0.3 is 14.3 Å². The van der Waals surface area contributed by atoms with Crippen molar-refractivity contribution in [1.82, 2.24) is 4.98 Å².